The molecule has 1 heterocycles. The smallest absolute Gasteiger partial charge is 0.400 e. The Morgan fingerprint density at radius 1 is 1.06 bits per heavy atom. The molecule has 6 heteroatoms. The summed E-state index contributed by atoms with van der Waals surface area (Å²) in [5.41, 5.74) is 4.82. The molecular formula is C12H15Cl3NO2+. The molecule has 1 aliphatic rings. The van der Waals surface area contributed by atoms with Crippen molar-refractivity contribution in [2.24, 2.45) is 0 Å². The van der Waals surface area contributed by atoms with Crippen LogP contribution in [0.5, 0.6) is 11.5 Å². The molecule has 0 saturated heterocycles. The lowest BCUT2D eigenvalue weighted by molar-refractivity contribution is -0.587. The van der Waals surface area contributed by atoms with E-state index in [9.17, 15) is 0 Å². The number of ether oxygens (including phenoxy) is 2. The van der Waals surface area contributed by atoms with Gasteiger partial charge in [-0.3, -0.25) is 5.73 Å². The Labute approximate surface area is 121 Å². The van der Waals surface area contributed by atoms with E-state index in [0.29, 0.717) is 11.5 Å². The molecule has 100 valence electrons. The molecule has 1 aromatic rings. The van der Waals surface area contributed by atoms with Crippen LogP contribution in [0.25, 0.3) is 0 Å². The van der Waals surface area contributed by atoms with Gasteiger partial charge in [0.15, 0.2) is 11.5 Å². The fraction of sp³-hybridized carbons (Fsp3) is 0.500. The molecule has 0 spiro atoms. The van der Waals surface area contributed by atoms with Gasteiger partial charge in [-0.2, -0.15) is 0 Å². The second-order valence-electron chi connectivity index (χ2n) is 5.37. The molecular weight excluding hydrogens is 296 g/mol. The van der Waals surface area contributed by atoms with E-state index in [1.54, 1.807) is 6.07 Å². The molecule has 1 aromatic carbocycles. The number of fused-ring (bicyclic) bond motifs is 1. The van der Waals surface area contributed by atoms with Crippen LogP contribution in [-0.2, 0) is 5.41 Å². The largest absolute Gasteiger partial charge is 0.449 e. The first-order valence-electron chi connectivity index (χ1n) is 5.48. The zero-order valence-corrected chi connectivity index (χ0v) is 12.7. The molecule has 0 aliphatic carbocycles. The summed E-state index contributed by atoms with van der Waals surface area (Å²) in [5, 5.41) is 0. The zero-order valence-electron chi connectivity index (χ0n) is 10.4. The molecule has 0 amide bonds. The van der Waals surface area contributed by atoms with Crippen LogP contribution in [0.15, 0.2) is 18.2 Å². The van der Waals surface area contributed by atoms with E-state index in [-0.39, 0.29) is 5.41 Å². The van der Waals surface area contributed by atoms with E-state index < -0.39 is 9.70 Å². The van der Waals surface area contributed by atoms with Gasteiger partial charge < -0.3 is 9.47 Å². The lowest BCUT2D eigenvalue weighted by Crippen LogP contribution is -2.83. The first-order chi connectivity index (χ1) is 8.03. The highest BCUT2D eigenvalue weighted by Crippen LogP contribution is 2.47. The predicted octanol–water partition coefficient (Wildman–Crippen LogP) is 3.02. The minimum absolute atomic E-state index is 0.00475. The van der Waals surface area contributed by atoms with Gasteiger partial charge in [-0.25, -0.2) is 0 Å². The molecule has 0 radical (unpaired) electrons. The lowest BCUT2D eigenvalue weighted by Gasteiger charge is -2.24. The molecule has 0 bridgehead atoms. The van der Waals surface area contributed by atoms with Gasteiger partial charge in [0.2, 0.25) is 0 Å². The van der Waals surface area contributed by atoms with Crippen LogP contribution in [-0.4, -0.2) is 9.70 Å². The first kappa shape index (κ1) is 14.1. The van der Waals surface area contributed by atoms with Crippen molar-refractivity contribution in [3.63, 3.8) is 0 Å². The number of rotatable bonds is 0. The Balaban J connectivity index is 2.37. The van der Waals surface area contributed by atoms with E-state index in [4.69, 9.17) is 44.3 Å². The maximum atomic E-state index is 5.82. The van der Waals surface area contributed by atoms with Crippen LogP contribution in [0.1, 0.15) is 26.3 Å². The summed E-state index contributed by atoms with van der Waals surface area (Å²) in [7, 11) is 0. The number of benzene rings is 1. The molecule has 1 aliphatic heterocycles. The van der Waals surface area contributed by atoms with Gasteiger partial charge in [-0.15, -0.1) is 0 Å². The average Bonchev–Trinajstić information content (AvgIpc) is 2.51. The van der Waals surface area contributed by atoms with Crippen LogP contribution in [0.2, 0.25) is 0 Å². The Morgan fingerprint density at radius 3 is 2.11 bits per heavy atom. The molecule has 0 aromatic heterocycles. The van der Waals surface area contributed by atoms with E-state index in [1.807, 2.05) is 12.1 Å². The predicted molar refractivity (Wildman–Crippen MR) is 72.3 cm³/mol. The van der Waals surface area contributed by atoms with Gasteiger partial charge >= 0.3 is 9.70 Å². The zero-order chi connectivity index (χ0) is 13.8. The Hall–Kier alpha value is -0.350. The van der Waals surface area contributed by atoms with Gasteiger partial charge in [-0.05, 0) is 23.1 Å². The quantitative estimate of drug-likeness (QED) is 0.749. The summed E-state index contributed by atoms with van der Waals surface area (Å²) in [6.07, 6.45) is 0. The normalized spacial score (nSPS) is 23.3. The van der Waals surface area contributed by atoms with E-state index in [1.165, 1.54) is 0 Å². The summed E-state index contributed by atoms with van der Waals surface area (Å²) >= 11 is 17.5. The lowest BCUT2D eigenvalue weighted by atomic mass is 9.87. The maximum Gasteiger partial charge on any atom is 0.449 e. The minimum Gasteiger partial charge on any atom is -0.400 e. The molecule has 2 rings (SSSR count). The second-order valence-corrected chi connectivity index (χ2v) is 7.65. The van der Waals surface area contributed by atoms with Crippen molar-refractivity contribution in [3.05, 3.63) is 23.8 Å². The highest BCUT2D eigenvalue weighted by atomic mass is 35.6. The highest BCUT2D eigenvalue weighted by molar-refractivity contribution is 6.68. The van der Waals surface area contributed by atoms with Crippen LogP contribution in [0, 0.1) is 0 Å². The van der Waals surface area contributed by atoms with E-state index in [2.05, 4.69) is 26.5 Å². The summed E-state index contributed by atoms with van der Waals surface area (Å²) in [5.74, 6) is -0.468. The number of hydrogen-bond donors (Lipinski definition) is 1. The van der Waals surface area contributed by atoms with Gasteiger partial charge in [0.1, 0.15) is 0 Å². The topological polar surface area (TPSA) is 46.1 Å². The van der Waals surface area contributed by atoms with Crippen molar-refractivity contribution in [2.45, 2.75) is 35.9 Å². The molecule has 1 atom stereocenters. The van der Waals surface area contributed by atoms with Crippen LogP contribution in [0.3, 0.4) is 0 Å². The number of quaternary nitrogens is 1. The van der Waals surface area contributed by atoms with E-state index in [0.717, 1.165) is 5.56 Å². The Bertz CT molecular complexity index is 479. The third-order valence-electron chi connectivity index (χ3n) is 2.79. The monoisotopic (exact) mass is 310 g/mol. The summed E-state index contributed by atoms with van der Waals surface area (Å²) in [4.78, 5) is 0. The third-order valence-corrected chi connectivity index (χ3v) is 3.66. The summed E-state index contributed by atoms with van der Waals surface area (Å²) < 4.78 is 9.29. The molecule has 0 unspecified atom stereocenters. The van der Waals surface area contributed by atoms with Gasteiger partial charge in [0.25, 0.3) is 0 Å². The Morgan fingerprint density at radius 2 is 1.61 bits per heavy atom. The van der Waals surface area contributed by atoms with Crippen molar-refractivity contribution in [1.82, 2.24) is 0 Å². The minimum atomic E-state index is -1.77. The van der Waals surface area contributed by atoms with E-state index >= 15 is 0 Å². The number of halogens is 3. The summed E-state index contributed by atoms with van der Waals surface area (Å²) in [6, 6.07) is 5.66. The highest BCUT2D eigenvalue weighted by Gasteiger charge is 2.59. The molecule has 18 heavy (non-hydrogen) atoms. The van der Waals surface area contributed by atoms with Crippen LogP contribution >= 0.6 is 34.8 Å². The average molecular weight is 312 g/mol. The molecule has 0 fully saturated rings. The van der Waals surface area contributed by atoms with Crippen LogP contribution in [0.4, 0.5) is 0 Å². The third kappa shape index (κ3) is 2.37. The van der Waals surface area contributed by atoms with Gasteiger partial charge in [0.05, 0.1) is 0 Å². The fourth-order valence-corrected chi connectivity index (χ4v) is 1.86. The Kier molecular flexibility index (Phi) is 3.18. The fourth-order valence-electron chi connectivity index (χ4n) is 1.63. The van der Waals surface area contributed by atoms with Crippen LogP contribution < -0.4 is 15.2 Å². The molecule has 3 N–H and O–H groups in total. The second kappa shape index (κ2) is 4.07. The van der Waals surface area contributed by atoms with Gasteiger partial charge in [0, 0.05) is 0 Å². The molecule has 0 saturated carbocycles. The maximum absolute atomic E-state index is 5.82. The standard InChI is InChI=1S/C12H14Cl3NO2/c1-10(2,3)7-4-5-8-9(6-7)18-12(16,17-8)11(13,14)15/h4-6H,16H2,1-3H3/p+1/t12-/m1/s1. The van der Waals surface area contributed by atoms with Crippen molar-refractivity contribution < 1.29 is 15.2 Å². The molecule has 3 nitrogen and oxygen atoms in total. The van der Waals surface area contributed by atoms with Gasteiger partial charge in [-0.1, -0.05) is 61.6 Å². The summed E-state index contributed by atoms with van der Waals surface area (Å²) in [6.45, 7) is 6.32. The first-order valence-corrected chi connectivity index (χ1v) is 6.61. The number of alkyl halides is 3. The SMILES string of the molecule is CC(C)(C)c1ccc2c(c1)O[C@@]([NH3+])(C(Cl)(Cl)Cl)O2. The van der Waals surface area contributed by atoms with Crippen molar-refractivity contribution in [1.29, 1.82) is 0 Å². The van der Waals surface area contributed by atoms with Crippen molar-refractivity contribution in [2.75, 3.05) is 0 Å². The van der Waals surface area contributed by atoms with Crippen molar-refractivity contribution in [3.8, 4) is 11.5 Å². The van der Waals surface area contributed by atoms with Crippen molar-refractivity contribution >= 4 is 34.8 Å². The number of hydrogen-bond acceptors (Lipinski definition) is 2.